The van der Waals surface area contributed by atoms with Crippen molar-refractivity contribution in [2.75, 3.05) is 13.1 Å². The summed E-state index contributed by atoms with van der Waals surface area (Å²) in [6, 6.07) is 10.4. The number of nitrogens with zero attached hydrogens (tertiary/aromatic N) is 1. The number of ether oxygens (including phenoxy) is 1. The summed E-state index contributed by atoms with van der Waals surface area (Å²) in [5.41, 5.74) is 1.89. The van der Waals surface area contributed by atoms with Crippen molar-refractivity contribution in [2.45, 2.75) is 38.8 Å². The molecule has 1 N–H and O–H groups in total. The zero-order valence-electron chi connectivity index (χ0n) is 14.7. The second-order valence-electron chi connectivity index (χ2n) is 7.28. The van der Waals surface area contributed by atoms with Gasteiger partial charge in [0.1, 0.15) is 5.75 Å². The van der Waals surface area contributed by atoms with E-state index < -0.39 is 0 Å². The first-order valence-corrected chi connectivity index (χ1v) is 9.84. The van der Waals surface area contributed by atoms with E-state index in [-0.39, 0.29) is 11.9 Å². The molecule has 25 heavy (non-hydrogen) atoms. The SMILES string of the molecule is Cc1csc(Oc2ccc(C(=O)NC3CN4CCC3CC4C)cc2)c1. The average molecular weight is 356 g/mol. The molecule has 3 aliphatic heterocycles. The van der Waals surface area contributed by atoms with Gasteiger partial charge in [0.15, 0.2) is 5.06 Å². The van der Waals surface area contributed by atoms with Gasteiger partial charge in [0.2, 0.25) is 0 Å². The quantitative estimate of drug-likeness (QED) is 0.898. The number of amides is 1. The minimum absolute atomic E-state index is 0.0184. The molecule has 4 heterocycles. The lowest BCUT2D eigenvalue weighted by Crippen LogP contribution is -2.60. The van der Waals surface area contributed by atoms with Crippen LogP contribution in [0.15, 0.2) is 35.7 Å². The fourth-order valence-corrected chi connectivity index (χ4v) is 4.73. The molecule has 0 saturated carbocycles. The van der Waals surface area contributed by atoms with Crippen LogP contribution in [0.5, 0.6) is 10.8 Å². The van der Waals surface area contributed by atoms with E-state index >= 15 is 0 Å². The van der Waals surface area contributed by atoms with E-state index in [4.69, 9.17) is 4.74 Å². The number of benzene rings is 1. The Morgan fingerprint density at radius 3 is 2.72 bits per heavy atom. The lowest BCUT2D eigenvalue weighted by Gasteiger charge is -2.48. The Labute approximate surface area is 152 Å². The van der Waals surface area contributed by atoms with E-state index in [1.165, 1.54) is 24.9 Å². The summed E-state index contributed by atoms with van der Waals surface area (Å²) < 4.78 is 5.82. The zero-order chi connectivity index (χ0) is 17.4. The number of carbonyl (C=O) groups excluding carboxylic acids is 1. The van der Waals surface area contributed by atoms with Crippen LogP contribution in [0.1, 0.15) is 35.7 Å². The first-order chi connectivity index (χ1) is 12.1. The van der Waals surface area contributed by atoms with Crippen molar-refractivity contribution < 1.29 is 9.53 Å². The van der Waals surface area contributed by atoms with Gasteiger partial charge in [-0.3, -0.25) is 9.69 Å². The monoisotopic (exact) mass is 356 g/mol. The Morgan fingerprint density at radius 2 is 2.12 bits per heavy atom. The second-order valence-corrected chi connectivity index (χ2v) is 8.15. The van der Waals surface area contributed by atoms with Crippen molar-refractivity contribution in [1.82, 2.24) is 10.2 Å². The third-order valence-corrected chi connectivity index (χ3v) is 6.34. The Balaban J connectivity index is 1.37. The van der Waals surface area contributed by atoms with E-state index in [1.54, 1.807) is 11.3 Å². The maximum atomic E-state index is 12.6. The molecule has 0 radical (unpaired) electrons. The summed E-state index contributed by atoms with van der Waals surface area (Å²) in [7, 11) is 0. The van der Waals surface area contributed by atoms with Crippen molar-refractivity contribution in [2.24, 2.45) is 5.92 Å². The molecule has 4 atom stereocenters. The lowest BCUT2D eigenvalue weighted by molar-refractivity contribution is 0.0274. The summed E-state index contributed by atoms with van der Waals surface area (Å²) in [5, 5.41) is 6.17. The molecule has 1 amide bonds. The topological polar surface area (TPSA) is 41.6 Å². The maximum Gasteiger partial charge on any atom is 0.251 e. The normalized spacial score (nSPS) is 27.9. The molecule has 2 bridgehead atoms. The molecule has 5 heteroatoms. The molecule has 0 aliphatic carbocycles. The van der Waals surface area contributed by atoms with Gasteiger partial charge in [-0.05, 0) is 80.4 Å². The minimum Gasteiger partial charge on any atom is -0.447 e. The van der Waals surface area contributed by atoms with E-state index in [9.17, 15) is 4.79 Å². The fraction of sp³-hybridized carbons (Fsp3) is 0.450. The van der Waals surface area contributed by atoms with Crippen LogP contribution in [0.3, 0.4) is 0 Å². The van der Waals surface area contributed by atoms with Crippen LogP contribution in [0.25, 0.3) is 0 Å². The van der Waals surface area contributed by atoms with Gasteiger partial charge in [-0.25, -0.2) is 0 Å². The number of fused-ring (bicyclic) bond motifs is 3. The van der Waals surface area contributed by atoms with Gasteiger partial charge < -0.3 is 10.1 Å². The standard InChI is InChI=1S/C20H24N2O2S/c1-13-9-19(25-12-13)24-17-5-3-15(4-6-17)20(23)21-18-11-22-8-7-16(18)10-14(22)2/h3-6,9,12,14,16,18H,7-8,10-11H2,1-2H3,(H,21,23). The van der Waals surface area contributed by atoms with E-state index in [2.05, 4.69) is 22.5 Å². The number of carbonyl (C=O) groups is 1. The van der Waals surface area contributed by atoms with Crippen LogP contribution < -0.4 is 10.1 Å². The minimum atomic E-state index is 0.0184. The summed E-state index contributed by atoms with van der Waals surface area (Å²) in [4.78, 5) is 15.1. The molecule has 3 saturated heterocycles. The maximum absolute atomic E-state index is 12.6. The molecule has 5 rings (SSSR count). The van der Waals surface area contributed by atoms with Crippen molar-refractivity contribution >= 4 is 17.2 Å². The Morgan fingerprint density at radius 1 is 1.32 bits per heavy atom. The average Bonchev–Trinajstić information content (AvgIpc) is 3.01. The first kappa shape index (κ1) is 16.6. The smallest absolute Gasteiger partial charge is 0.251 e. The van der Waals surface area contributed by atoms with Crippen molar-refractivity contribution in [3.05, 3.63) is 46.8 Å². The highest BCUT2D eigenvalue weighted by Gasteiger charge is 2.38. The highest BCUT2D eigenvalue weighted by atomic mass is 32.1. The van der Waals surface area contributed by atoms with Crippen LogP contribution in [0.4, 0.5) is 0 Å². The first-order valence-electron chi connectivity index (χ1n) is 8.96. The van der Waals surface area contributed by atoms with Crippen LogP contribution in [-0.4, -0.2) is 36.0 Å². The molecule has 0 spiro atoms. The summed E-state index contributed by atoms with van der Waals surface area (Å²) in [6.45, 7) is 6.49. The number of piperidine rings is 3. The molecule has 132 valence electrons. The van der Waals surface area contributed by atoms with Crippen LogP contribution in [0, 0.1) is 12.8 Å². The largest absolute Gasteiger partial charge is 0.447 e. The molecule has 4 nitrogen and oxygen atoms in total. The fourth-order valence-electron chi connectivity index (χ4n) is 3.96. The molecule has 4 unspecified atom stereocenters. The number of aryl methyl sites for hydroxylation is 1. The molecular formula is C20H24N2O2S. The highest BCUT2D eigenvalue weighted by molar-refractivity contribution is 7.12. The van der Waals surface area contributed by atoms with Crippen LogP contribution in [0.2, 0.25) is 0 Å². The Hall–Kier alpha value is -1.85. The molecule has 1 aromatic heterocycles. The third kappa shape index (κ3) is 3.58. The highest BCUT2D eigenvalue weighted by Crippen LogP contribution is 2.32. The molecule has 3 fully saturated rings. The van der Waals surface area contributed by atoms with E-state index in [1.807, 2.05) is 37.3 Å². The zero-order valence-corrected chi connectivity index (χ0v) is 15.5. The Kier molecular flexibility index (Phi) is 4.52. The number of nitrogens with one attached hydrogen (secondary N) is 1. The van der Waals surface area contributed by atoms with Crippen molar-refractivity contribution in [1.29, 1.82) is 0 Å². The van der Waals surface area contributed by atoms with Gasteiger partial charge in [-0.1, -0.05) is 0 Å². The van der Waals surface area contributed by atoms with Crippen LogP contribution in [-0.2, 0) is 0 Å². The van der Waals surface area contributed by atoms with E-state index in [0.717, 1.165) is 17.4 Å². The van der Waals surface area contributed by atoms with Gasteiger partial charge >= 0.3 is 0 Å². The predicted octanol–water partition coefficient (Wildman–Crippen LogP) is 4.06. The number of hydrogen-bond acceptors (Lipinski definition) is 4. The third-order valence-electron chi connectivity index (χ3n) is 5.41. The number of rotatable bonds is 4. The molecular weight excluding hydrogens is 332 g/mol. The van der Waals surface area contributed by atoms with Gasteiger partial charge in [0, 0.05) is 24.2 Å². The molecule has 1 aromatic carbocycles. The number of hydrogen-bond donors (Lipinski definition) is 1. The summed E-state index contributed by atoms with van der Waals surface area (Å²) in [5.74, 6) is 1.40. The lowest BCUT2D eigenvalue weighted by atomic mass is 9.80. The van der Waals surface area contributed by atoms with Crippen molar-refractivity contribution in [3.8, 4) is 10.8 Å². The Bertz CT molecular complexity index is 755. The van der Waals surface area contributed by atoms with Crippen LogP contribution >= 0.6 is 11.3 Å². The molecule has 2 aromatic rings. The summed E-state index contributed by atoms with van der Waals surface area (Å²) in [6.07, 6.45) is 2.39. The van der Waals surface area contributed by atoms with E-state index in [0.29, 0.717) is 17.5 Å². The van der Waals surface area contributed by atoms with Gasteiger partial charge in [0.05, 0.1) is 0 Å². The second kappa shape index (κ2) is 6.81. The van der Waals surface area contributed by atoms with Gasteiger partial charge in [0.25, 0.3) is 5.91 Å². The van der Waals surface area contributed by atoms with Gasteiger partial charge in [-0.2, -0.15) is 0 Å². The molecule has 3 aliphatic rings. The van der Waals surface area contributed by atoms with Crippen molar-refractivity contribution in [3.63, 3.8) is 0 Å². The number of thiophene rings is 1. The van der Waals surface area contributed by atoms with Gasteiger partial charge in [-0.15, -0.1) is 11.3 Å². The predicted molar refractivity (Wildman–Crippen MR) is 101 cm³/mol. The summed E-state index contributed by atoms with van der Waals surface area (Å²) >= 11 is 1.58.